The van der Waals surface area contributed by atoms with Crippen LogP contribution in [0.3, 0.4) is 0 Å². The molecule has 0 bridgehead atoms. The van der Waals surface area contributed by atoms with Crippen LogP contribution in [0.2, 0.25) is 0 Å². The fraction of sp³-hybridized carbons (Fsp3) is 0.182. The van der Waals surface area contributed by atoms with E-state index in [0.29, 0.717) is 10.4 Å². The van der Waals surface area contributed by atoms with Gasteiger partial charge in [0.25, 0.3) is 5.91 Å². The van der Waals surface area contributed by atoms with Gasteiger partial charge in [0.15, 0.2) is 4.80 Å². The lowest BCUT2D eigenvalue weighted by Gasteiger charge is -2.19. The first-order valence-corrected chi connectivity index (χ1v) is 11.6. The van der Waals surface area contributed by atoms with Crippen molar-refractivity contribution in [3.05, 3.63) is 78.1 Å². The Labute approximate surface area is 185 Å². The van der Waals surface area contributed by atoms with Crippen LogP contribution >= 0.6 is 11.3 Å². The van der Waals surface area contributed by atoms with Crippen LogP contribution in [0.4, 0.5) is 0 Å². The van der Waals surface area contributed by atoms with Gasteiger partial charge in [-0.1, -0.05) is 23.5 Å². The molecule has 3 aromatic rings. The van der Waals surface area contributed by atoms with Crippen LogP contribution in [0.15, 0.2) is 77.7 Å². The van der Waals surface area contributed by atoms with Crippen molar-refractivity contribution < 1.29 is 17.9 Å². The minimum Gasteiger partial charge on any atom is -0.497 e. The normalized spacial score (nSPS) is 12.3. The smallest absolute Gasteiger partial charge is 0.279 e. The highest BCUT2D eigenvalue weighted by molar-refractivity contribution is 7.89. The molecule has 0 unspecified atom stereocenters. The van der Waals surface area contributed by atoms with Crippen LogP contribution in [0, 0.1) is 0 Å². The lowest BCUT2D eigenvalue weighted by molar-refractivity contribution is 0.0998. The Morgan fingerprint density at radius 3 is 2.39 bits per heavy atom. The van der Waals surface area contributed by atoms with Crippen molar-refractivity contribution in [2.45, 2.75) is 4.90 Å². The maximum atomic E-state index is 12.8. The number of ether oxygens (including phenoxy) is 1. The van der Waals surface area contributed by atoms with Gasteiger partial charge in [0.05, 0.1) is 22.2 Å². The van der Waals surface area contributed by atoms with Crippen LogP contribution in [-0.2, 0) is 17.1 Å². The Bertz CT molecular complexity index is 1290. The van der Waals surface area contributed by atoms with Gasteiger partial charge < -0.3 is 9.30 Å². The van der Waals surface area contributed by atoms with E-state index in [4.69, 9.17) is 4.74 Å². The van der Waals surface area contributed by atoms with Crippen molar-refractivity contribution in [3.63, 3.8) is 0 Å². The summed E-state index contributed by atoms with van der Waals surface area (Å²) in [5.74, 6) is 0.276. The molecule has 1 aromatic heterocycles. The van der Waals surface area contributed by atoms with Gasteiger partial charge in [-0.25, -0.2) is 8.42 Å². The monoisotopic (exact) mass is 457 g/mol. The highest BCUT2D eigenvalue weighted by Gasteiger charge is 2.22. The number of carbonyl (C=O) groups is 1. The first kappa shape index (κ1) is 22.7. The zero-order valence-corrected chi connectivity index (χ0v) is 18.9. The average molecular weight is 458 g/mol. The number of methoxy groups -OCH3 is 1. The molecule has 162 valence electrons. The largest absolute Gasteiger partial charge is 0.497 e. The number of hydrogen-bond acceptors (Lipinski definition) is 5. The molecule has 2 aromatic carbocycles. The highest BCUT2D eigenvalue weighted by atomic mass is 32.2. The Hall–Kier alpha value is -3.01. The zero-order valence-electron chi connectivity index (χ0n) is 17.3. The number of rotatable bonds is 8. The fourth-order valence-electron chi connectivity index (χ4n) is 2.98. The molecular weight excluding hydrogens is 434 g/mol. The third-order valence-corrected chi connectivity index (χ3v) is 7.56. The molecule has 0 spiro atoms. The van der Waals surface area contributed by atoms with Crippen LogP contribution in [0.25, 0.3) is 10.2 Å². The van der Waals surface area contributed by atoms with Crippen LogP contribution < -0.4 is 9.54 Å². The lowest BCUT2D eigenvalue weighted by atomic mass is 10.2. The summed E-state index contributed by atoms with van der Waals surface area (Å²) in [5.41, 5.74) is 1.23. The number of carbonyl (C=O) groups excluding carboxylic acids is 1. The van der Waals surface area contributed by atoms with Crippen molar-refractivity contribution in [3.8, 4) is 5.75 Å². The summed E-state index contributed by atoms with van der Waals surface area (Å²) >= 11 is 1.37. The van der Waals surface area contributed by atoms with Crippen LogP contribution in [0.1, 0.15) is 10.4 Å². The van der Waals surface area contributed by atoms with Crippen molar-refractivity contribution in [1.82, 2.24) is 8.87 Å². The van der Waals surface area contributed by atoms with Crippen molar-refractivity contribution in [2.75, 3.05) is 20.2 Å². The van der Waals surface area contributed by atoms with Crippen molar-refractivity contribution >= 4 is 37.5 Å². The van der Waals surface area contributed by atoms with Crippen LogP contribution in [0.5, 0.6) is 5.75 Å². The maximum absolute atomic E-state index is 12.8. The van der Waals surface area contributed by atoms with E-state index in [1.54, 1.807) is 7.11 Å². The topological polar surface area (TPSA) is 81.0 Å². The number of thiazole rings is 1. The molecule has 31 heavy (non-hydrogen) atoms. The van der Waals surface area contributed by atoms with Gasteiger partial charge in [-0.05, 0) is 42.5 Å². The highest BCUT2D eigenvalue weighted by Crippen LogP contribution is 2.22. The number of aryl methyl sites for hydroxylation is 1. The number of nitrogens with zero attached hydrogens (tertiary/aromatic N) is 3. The molecule has 7 nitrogen and oxygen atoms in total. The van der Waals surface area contributed by atoms with Gasteiger partial charge in [0, 0.05) is 25.7 Å². The molecule has 0 aliphatic heterocycles. The Morgan fingerprint density at radius 1 is 1.16 bits per heavy atom. The third-order valence-electron chi connectivity index (χ3n) is 4.62. The molecule has 0 radical (unpaired) electrons. The molecule has 0 aliphatic rings. The van der Waals surface area contributed by atoms with E-state index in [0.717, 1.165) is 16.0 Å². The van der Waals surface area contributed by atoms with Gasteiger partial charge in [0.2, 0.25) is 10.0 Å². The summed E-state index contributed by atoms with van der Waals surface area (Å²) in [6, 6.07) is 11.4. The quantitative estimate of drug-likeness (QED) is 0.486. The summed E-state index contributed by atoms with van der Waals surface area (Å²) in [4.78, 5) is 17.5. The summed E-state index contributed by atoms with van der Waals surface area (Å²) in [7, 11) is -0.290. The number of benzene rings is 2. The van der Waals surface area contributed by atoms with Gasteiger partial charge in [-0.15, -0.1) is 13.2 Å². The van der Waals surface area contributed by atoms with Gasteiger partial charge in [-0.3, -0.25) is 4.79 Å². The molecule has 0 fully saturated rings. The molecule has 0 N–H and O–H groups in total. The molecule has 1 heterocycles. The lowest BCUT2D eigenvalue weighted by Crippen LogP contribution is -2.31. The first-order valence-electron chi connectivity index (χ1n) is 9.36. The van der Waals surface area contributed by atoms with Gasteiger partial charge >= 0.3 is 0 Å². The Balaban J connectivity index is 1.92. The third kappa shape index (κ3) is 4.68. The fourth-order valence-corrected chi connectivity index (χ4v) is 5.40. The number of fused-ring (bicyclic) bond motifs is 1. The second kappa shape index (κ2) is 9.42. The molecule has 3 rings (SSSR count). The standard InChI is InChI=1S/C22H23N3O4S2/c1-5-13-25(14-6-2)31(27,28)18-10-7-16(8-11-18)21(26)23-22-24(3)19-12-9-17(29-4)15-20(19)30-22/h5-12,15H,1-2,13-14H2,3-4H3. The molecule has 0 aliphatic carbocycles. The predicted molar refractivity (Wildman–Crippen MR) is 123 cm³/mol. The molecule has 1 amide bonds. The van der Waals surface area contributed by atoms with E-state index in [-0.39, 0.29) is 18.0 Å². The van der Waals surface area contributed by atoms with E-state index in [1.165, 1.54) is 52.1 Å². The molecule has 0 saturated carbocycles. The van der Waals surface area contributed by atoms with Gasteiger partial charge in [0.1, 0.15) is 5.75 Å². The second-order valence-corrected chi connectivity index (χ2v) is 9.57. The summed E-state index contributed by atoms with van der Waals surface area (Å²) in [6.45, 7) is 7.52. The Morgan fingerprint density at radius 2 is 1.81 bits per heavy atom. The second-order valence-electron chi connectivity index (χ2n) is 6.62. The van der Waals surface area contributed by atoms with Gasteiger partial charge in [-0.2, -0.15) is 9.30 Å². The molecule has 0 saturated heterocycles. The minimum absolute atomic E-state index is 0.0901. The van der Waals surface area contributed by atoms with E-state index >= 15 is 0 Å². The number of aromatic nitrogens is 1. The minimum atomic E-state index is -3.72. The van der Waals surface area contributed by atoms with E-state index in [2.05, 4.69) is 18.2 Å². The summed E-state index contributed by atoms with van der Waals surface area (Å²) < 4.78 is 34.9. The average Bonchev–Trinajstić information content (AvgIpc) is 3.08. The van der Waals surface area contributed by atoms with Crippen LogP contribution in [-0.4, -0.2) is 43.4 Å². The molecule has 0 atom stereocenters. The van der Waals surface area contributed by atoms with Crippen molar-refractivity contribution in [1.29, 1.82) is 0 Å². The summed E-state index contributed by atoms with van der Waals surface area (Å²) in [5, 5.41) is 0. The number of sulfonamides is 1. The van der Waals surface area contributed by atoms with E-state index in [9.17, 15) is 13.2 Å². The van der Waals surface area contributed by atoms with E-state index in [1.807, 2.05) is 29.8 Å². The zero-order chi connectivity index (χ0) is 22.6. The van der Waals surface area contributed by atoms with E-state index < -0.39 is 15.9 Å². The number of hydrogen-bond donors (Lipinski definition) is 0. The predicted octanol–water partition coefficient (Wildman–Crippen LogP) is 3.35. The Kier molecular flexibility index (Phi) is 6.89. The number of amides is 1. The SMILES string of the molecule is C=CCN(CC=C)S(=O)(=O)c1ccc(C(=O)N=c2sc3cc(OC)ccc3n2C)cc1. The summed E-state index contributed by atoms with van der Waals surface area (Å²) in [6.07, 6.45) is 3.02. The molecular formula is C22H23N3O4S2. The first-order chi connectivity index (χ1) is 14.8. The van der Waals surface area contributed by atoms with Crippen molar-refractivity contribution in [2.24, 2.45) is 12.0 Å². The molecule has 9 heteroatoms. The maximum Gasteiger partial charge on any atom is 0.279 e.